The summed E-state index contributed by atoms with van der Waals surface area (Å²) in [4.78, 5) is 24.8. The van der Waals surface area contributed by atoms with Crippen molar-refractivity contribution in [2.75, 3.05) is 0 Å². The van der Waals surface area contributed by atoms with Crippen molar-refractivity contribution in [3.8, 4) is 0 Å². The maximum absolute atomic E-state index is 12.5. The van der Waals surface area contributed by atoms with Crippen molar-refractivity contribution in [1.29, 1.82) is 0 Å². The Hall–Kier alpha value is -2.42. The molecule has 0 atom stereocenters. The predicted molar refractivity (Wildman–Crippen MR) is 109 cm³/mol. The van der Waals surface area contributed by atoms with Gasteiger partial charge in [-0.05, 0) is 48.1 Å². The zero-order valence-electron chi connectivity index (χ0n) is 13.3. The Labute approximate surface area is 168 Å². The van der Waals surface area contributed by atoms with E-state index >= 15 is 0 Å². The molecule has 2 aromatic carbocycles. The summed E-state index contributed by atoms with van der Waals surface area (Å²) in [5.74, 6) is -1.15. The Morgan fingerprint density at radius 1 is 1.08 bits per heavy atom. The average molecular weight is 454 g/mol. The Bertz CT molecular complexity index is 871. The highest BCUT2D eigenvalue weighted by Gasteiger charge is 2.16. The van der Waals surface area contributed by atoms with E-state index in [-0.39, 0.29) is 21.4 Å². The quantitative estimate of drug-likeness (QED) is 0.324. The van der Waals surface area contributed by atoms with Crippen molar-refractivity contribution in [2.45, 2.75) is 0 Å². The van der Waals surface area contributed by atoms with Gasteiger partial charge in [-0.15, -0.1) is 0 Å². The lowest BCUT2D eigenvalue weighted by Gasteiger charge is -2.12. The third kappa shape index (κ3) is 5.83. The third-order valence-corrected chi connectivity index (χ3v) is 4.05. The van der Waals surface area contributed by atoms with E-state index < -0.39 is 11.8 Å². The fourth-order valence-electron chi connectivity index (χ4n) is 1.90. The van der Waals surface area contributed by atoms with Gasteiger partial charge in [-0.3, -0.25) is 20.4 Å². The van der Waals surface area contributed by atoms with Crippen LogP contribution in [0.3, 0.4) is 0 Å². The minimum absolute atomic E-state index is 0.0130. The highest BCUT2D eigenvalue weighted by molar-refractivity contribution is 9.10. The maximum Gasteiger partial charge on any atom is 0.286 e. The molecule has 0 spiro atoms. The van der Waals surface area contributed by atoms with Crippen LogP contribution in [-0.2, 0) is 4.79 Å². The number of thiocarbonyl (C=S) groups is 1. The van der Waals surface area contributed by atoms with Crippen LogP contribution in [-0.4, -0.2) is 16.9 Å². The molecule has 0 radical (unpaired) electrons. The fraction of sp³-hybridized carbons (Fsp3) is 0. The van der Waals surface area contributed by atoms with Crippen molar-refractivity contribution >= 4 is 62.8 Å². The molecule has 0 bridgehead atoms. The van der Waals surface area contributed by atoms with Crippen molar-refractivity contribution in [3.05, 3.63) is 74.9 Å². The molecule has 0 saturated heterocycles. The summed E-state index contributed by atoms with van der Waals surface area (Å²) in [6.45, 7) is 0. The molecule has 134 valence electrons. The van der Waals surface area contributed by atoms with Gasteiger partial charge in [0.15, 0.2) is 5.11 Å². The van der Waals surface area contributed by atoms with Gasteiger partial charge in [0.25, 0.3) is 11.8 Å². The molecule has 6 nitrogen and oxygen atoms in total. The van der Waals surface area contributed by atoms with E-state index in [1.807, 2.05) is 12.1 Å². The van der Waals surface area contributed by atoms with Crippen molar-refractivity contribution in [3.63, 3.8) is 0 Å². The number of carbonyl (C=O) groups is 2. The zero-order chi connectivity index (χ0) is 19.1. The molecule has 0 aliphatic carbocycles. The Morgan fingerprint density at radius 3 is 2.35 bits per heavy atom. The van der Waals surface area contributed by atoms with Gasteiger partial charge in [0.2, 0.25) is 0 Å². The molecular formula is C17H14BrClN4O2S. The smallest absolute Gasteiger partial charge is 0.286 e. The molecule has 0 aliphatic heterocycles. The van der Waals surface area contributed by atoms with Crippen LogP contribution in [0.1, 0.15) is 15.9 Å². The summed E-state index contributed by atoms with van der Waals surface area (Å²) < 4.78 is 0.885. The topological polar surface area (TPSA) is 96.2 Å². The van der Waals surface area contributed by atoms with Crippen molar-refractivity contribution < 1.29 is 9.59 Å². The van der Waals surface area contributed by atoms with E-state index in [0.717, 1.165) is 4.47 Å². The van der Waals surface area contributed by atoms with E-state index in [1.54, 1.807) is 36.4 Å². The van der Waals surface area contributed by atoms with Crippen LogP contribution in [0, 0.1) is 0 Å². The summed E-state index contributed by atoms with van der Waals surface area (Å²) in [5, 5.41) is 2.71. The van der Waals surface area contributed by atoms with Crippen LogP contribution >= 0.6 is 39.7 Å². The summed E-state index contributed by atoms with van der Waals surface area (Å²) in [7, 11) is 0. The number of rotatable bonds is 4. The normalized spacial score (nSPS) is 10.8. The Kier molecular flexibility index (Phi) is 7.14. The fourth-order valence-corrected chi connectivity index (χ4v) is 2.44. The number of hydrogen-bond acceptors (Lipinski definition) is 3. The van der Waals surface area contributed by atoms with Crippen molar-refractivity contribution in [1.82, 2.24) is 16.2 Å². The molecular weight excluding hydrogens is 440 g/mol. The number of benzene rings is 2. The lowest BCUT2D eigenvalue weighted by molar-refractivity contribution is -0.118. The van der Waals surface area contributed by atoms with Crippen LogP contribution < -0.4 is 21.9 Å². The van der Waals surface area contributed by atoms with Crippen LogP contribution in [0.15, 0.2) is 58.7 Å². The maximum atomic E-state index is 12.5. The Morgan fingerprint density at radius 2 is 1.73 bits per heavy atom. The first-order valence-electron chi connectivity index (χ1n) is 7.26. The van der Waals surface area contributed by atoms with Crippen LogP contribution in [0.25, 0.3) is 6.08 Å². The number of hydrazine groups is 1. The Balaban J connectivity index is 2.29. The first kappa shape index (κ1) is 19.9. The van der Waals surface area contributed by atoms with Gasteiger partial charge in [0.05, 0.1) is 10.6 Å². The monoisotopic (exact) mass is 452 g/mol. The van der Waals surface area contributed by atoms with Crippen LogP contribution in [0.4, 0.5) is 0 Å². The first-order valence-corrected chi connectivity index (χ1v) is 8.83. The second-order valence-electron chi connectivity index (χ2n) is 4.99. The molecule has 0 aliphatic rings. The van der Waals surface area contributed by atoms with E-state index in [4.69, 9.17) is 17.3 Å². The summed E-state index contributed by atoms with van der Waals surface area (Å²) in [6.07, 6.45) is 1.51. The minimum atomic E-state index is -0.624. The summed E-state index contributed by atoms with van der Waals surface area (Å²) in [6, 6.07) is 13.7. The number of carbonyl (C=O) groups excluding carboxylic acids is 2. The second kappa shape index (κ2) is 9.33. The van der Waals surface area contributed by atoms with Gasteiger partial charge in [-0.2, -0.15) is 0 Å². The number of halogens is 2. The number of hydrogen-bond donors (Lipinski definition) is 4. The van der Waals surface area contributed by atoms with Gasteiger partial charge in [-0.25, -0.2) is 0 Å². The molecule has 2 rings (SSSR count). The molecule has 0 unspecified atom stereocenters. The molecule has 5 N–H and O–H groups in total. The molecule has 0 aromatic heterocycles. The molecule has 9 heteroatoms. The zero-order valence-corrected chi connectivity index (χ0v) is 16.4. The lowest BCUT2D eigenvalue weighted by Crippen LogP contribution is -2.47. The molecule has 0 heterocycles. The van der Waals surface area contributed by atoms with Crippen LogP contribution in [0.2, 0.25) is 5.02 Å². The number of nitrogens with two attached hydrogens (primary N) is 1. The lowest BCUT2D eigenvalue weighted by atomic mass is 10.1. The van der Waals surface area contributed by atoms with E-state index in [2.05, 4.69) is 44.3 Å². The van der Waals surface area contributed by atoms with Gasteiger partial charge >= 0.3 is 0 Å². The van der Waals surface area contributed by atoms with Gasteiger partial charge in [0, 0.05) is 4.47 Å². The van der Waals surface area contributed by atoms with E-state index in [0.29, 0.717) is 5.56 Å². The molecule has 0 saturated carbocycles. The predicted octanol–water partition coefficient (Wildman–Crippen LogP) is 2.74. The first-order chi connectivity index (χ1) is 12.4. The van der Waals surface area contributed by atoms with Gasteiger partial charge in [-0.1, -0.05) is 51.8 Å². The highest BCUT2D eigenvalue weighted by atomic mass is 79.9. The van der Waals surface area contributed by atoms with Crippen LogP contribution in [0.5, 0.6) is 0 Å². The van der Waals surface area contributed by atoms with Crippen molar-refractivity contribution in [2.24, 2.45) is 5.73 Å². The van der Waals surface area contributed by atoms with Gasteiger partial charge in [0.1, 0.15) is 5.70 Å². The minimum Gasteiger partial charge on any atom is -0.375 e. The highest BCUT2D eigenvalue weighted by Crippen LogP contribution is 2.16. The third-order valence-electron chi connectivity index (χ3n) is 3.09. The van der Waals surface area contributed by atoms with Gasteiger partial charge < -0.3 is 11.1 Å². The number of nitrogens with one attached hydrogen (secondary N) is 3. The largest absolute Gasteiger partial charge is 0.375 e. The molecule has 26 heavy (non-hydrogen) atoms. The summed E-state index contributed by atoms with van der Waals surface area (Å²) in [5.41, 5.74) is 10.9. The summed E-state index contributed by atoms with van der Waals surface area (Å²) >= 11 is 14.0. The molecule has 2 aromatic rings. The van der Waals surface area contributed by atoms with E-state index in [1.165, 1.54) is 6.08 Å². The average Bonchev–Trinajstić information content (AvgIpc) is 2.61. The molecule has 0 fully saturated rings. The second-order valence-corrected chi connectivity index (χ2v) is 6.75. The standard InChI is InChI=1S/C17H14BrClN4O2S/c18-11-7-5-10(6-8-11)9-14(16(25)22-23-17(20)26)21-15(24)12-3-1-2-4-13(12)19/h1-9H,(H,21,24)(H,22,25)(H3,20,23,26)/b14-9-. The molecule has 2 amide bonds. The SMILES string of the molecule is NC(=S)NNC(=O)/C(=C/c1ccc(Br)cc1)NC(=O)c1ccccc1Cl. The van der Waals surface area contributed by atoms with E-state index in [9.17, 15) is 9.59 Å². The number of amides is 2.